The Bertz CT molecular complexity index is 769. The summed E-state index contributed by atoms with van der Waals surface area (Å²) in [7, 11) is 3.77. The molecule has 172 valence electrons. The zero-order valence-electron chi connectivity index (χ0n) is 19.3. The maximum Gasteiger partial charge on any atom is 0.244 e. The van der Waals surface area contributed by atoms with Crippen molar-refractivity contribution in [1.82, 2.24) is 20.9 Å². The topological polar surface area (TPSA) is 98.2 Å². The number of amidine groups is 2. The van der Waals surface area contributed by atoms with Crippen LogP contribution in [-0.2, 0) is 9.59 Å². The molecule has 9 heteroatoms. The Hall–Kier alpha value is -2.10. The molecule has 2 amide bonds. The molecule has 2 atom stereocenters. The lowest BCUT2D eigenvalue weighted by Crippen LogP contribution is -2.51. The molecule has 0 aliphatic carbocycles. The van der Waals surface area contributed by atoms with Crippen molar-refractivity contribution >= 4 is 34.8 Å². The molecule has 0 saturated carbocycles. The van der Waals surface area contributed by atoms with E-state index in [0.29, 0.717) is 24.7 Å². The molecule has 2 unspecified atom stereocenters. The van der Waals surface area contributed by atoms with Crippen molar-refractivity contribution < 1.29 is 9.59 Å². The second-order valence-corrected chi connectivity index (χ2v) is 8.70. The summed E-state index contributed by atoms with van der Waals surface area (Å²) in [5.74, 6) is 2.23. The Morgan fingerprint density at radius 2 is 1.84 bits per heavy atom. The number of hydrogen-bond donors (Lipinski definition) is 3. The lowest BCUT2D eigenvalue weighted by molar-refractivity contribution is -0.124. The number of thiophene rings is 1. The van der Waals surface area contributed by atoms with E-state index in [4.69, 9.17) is 0 Å². The number of likely N-dealkylation sites (N-methyl/N-ethyl adjacent to an activating group) is 1. The van der Waals surface area contributed by atoms with E-state index in [1.54, 1.807) is 11.3 Å². The summed E-state index contributed by atoms with van der Waals surface area (Å²) in [6.45, 7) is 8.53. The zero-order chi connectivity index (χ0) is 22.8. The highest BCUT2D eigenvalue weighted by Gasteiger charge is 2.28. The predicted molar refractivity (Wildman–Crippen MR) is 128 cm³/mol. The van der Waals surface area contributed by atoms with Crippen LogP contribution < -0.4 is 16.0 Å². The minimum Gasteiger partial charge on any atom is -0.317 e. The molecule has 0 radical (unpaired) electrons. The van der Waals surface area contributed by atoms with Crippen LogP contribution in [0.25, 0.3) is 0 Å². The predicted octanol–water partition coefficient (Wildman–Crippen LogP) is 1.87. The van der Waals surface area contributed by atoms with E-state index in [0.717, 1.165) is 36.6 Å². The maximum absolute atomic E-state index is 11.7. The van der Waals surface area contributed by atoms with Gasteiger partial charge in [0, 0.05) is 6.42 Å². The number of amides is 2. The Balaban J connectivity index is 0.000000204. The third kappa shape index (κ3) is 7.52. The molecule has 1 aromatic rings. The zero-order valence-corrected chi connectivity index (χ0v) is 20.1. The summed E-state index contributed by atoms with van der Waals surface area (Å²) < 4.78 is 0. The van der Waals surface area contributed by atoms with E-state index >= 15 is 0 Å². The molecule has 3 aliphatic rings. The summed E-state index contributed by atoms with van der Waals surface area (Å²) >= 11 is 1.58. The summed E-state index contributed by atoms with van der Waals surface area (Å²) in [6, 6.07) is 3.99. The van der Waals surface area contributed by atoms with E-state index in [1.807, 2.05) is 57.3 Å². The molecule has 3 aliphatic heterocycles. The maximum atomic E-state index is 11.7. The second kappa shape index (κ2) is 12.7. The number of carbonyl (C=O) groups is 2. The van der Waals surface area contributed by atoms with Gasteiger partial charge in [0.25, 0.3) is 0 Å². The lowest BCUT2D eigenvalue weighted by Gasteiger charge is -2.30. The SMILES string of the molecule is CC.CC1=NC(C2CCNCC2)CC(=O)N1.CN(C)C1CN=C(c2cccs2)NC1=O. The number of nitrogens with zero attached hydrogens (tertiary/aromatic N) is 3. The van der Waals surface area contributed by atoms with E-state index in [-0.39, 0.29) is 23.9 Å². The lowest BCUT2D eigenvalue weighted by atomic mass is 9.88. The minimum absolute atomic E-state index is 0.0263. The summed E-state index contributed by atoms with van der Waals surface area (Å²) in [6.07, 6.45) is 2.87. The molecular weight excluding hydrogens is 412 g/mol. The van der Waals surface area contributed by atoms with E-state index < -0.39 is 0 Å². The minimum atomic E-state index is -0.145. The molecule has 1 aromatic heterocycles. The number of carbonyl (C=O) groups excluding carboxylic acids is 2. The summed E-state index contributed by atoms with van der Waals surface area (Å²) in [5.41, 5.74) is 0. The Labute approximate surface area is 189 Å². The third-order valence-electron chi connectivity index (χ3n) is 5.35. The van der Waals surface area contributed by atoms with Gasteiger partial charge in [-0.25, -0.2) is 0 Å². The van der Waals surface area contributed by atoms with Gasteiger partial charge in [0.2, 0.25) is 11.8 Å². The molecule has 1 fully saturated rings. The molecule has 1 saturated heterocycles. The standard InChI is InChI=1S/C10H13N3OS.C10H17N3O.C2H6/c1-13(2)7-6-11-9(12-10(7)14)8-4-3-5-15-8;1-7-12-9(6-10(14)13-7)8-2-4-11-5-3-8;1-2/h3-5,7H,6H2,1-2H3,(H,11,12,14);8-9,11H,2-6H2,1H3,(H,12,13,14);1-2H3. The largest absolute Gasteiger partial charge is 0.317 e. The quantitative estimate of drug-likeness (QED) is 0.658. The molecular formula is C22H36N6O2S. The molecule has 0 aromatic carbocycles. The van der Waals surface area contributed by atoms with Gasteiger partial charge in [-0.05, 0) is 64.3 Å². The molecule has 0 spiro atoms. The van der Waals surface area contributed by atoms with Gasteiger partial charge >= 0.3 is 0 Å². The van der Waals surface area contributed by atoms with Gasteiger partial charge < -0.3 is 16.0 Å². The van der Waals surface area contributed by atoms with Crippen LogP contribution in [0.4, 0.5) is 0 Å². The van der Waals surface area contributed by atoms with Crippen LogP contribution in [0.2, 0.25) is 0 Å². The van der Waals surface area contributed by atoms with E-state index in [9.17, 15) is 9.59 Å². The van der Waals surface area contributed by atoms with Crippen LogP contribution >= 0.6 is 11.3 Å². The number of rotatable bonds is 3. The first-order valence-electron chi connectivity index (χ1n) is 11.0. The van der Waals surface area contributed by atoms with Crippen molar-refractivity contribution in [2.75, 3.05) is 33.7 Å². The van der Waals surface area contributed by atoms with Gasteiger partial charge in [-0.1, -0.05) is 19.9 Å². The third-order valence-corrected chi connectivity index (χ3v) is 6.22. The van der Waals surface area contributed by atoms with Crippen molar-refractivity contribution in [2.45, 2.75) is 52.1 Å². The molecule has 3 N–H and O–H groups in total. The van der Waals surface area contributed by atoms with E-state index in [2.05, 4.69) is 25.9 Å². The summed E-state index contributed by atoms with van der Waals surface area (Å²) in [4.78, 5) is 34.8. The molecule has 4 rings (SSSR count). The fourth-order valence-electron chi connectivity index (χ4n) is 3.72. The monoisotopic (exact) mass is 448 g/mol. The fraction of sp³-hybridized carbons (Fsp3) is 0.636. The summed E-state index contributed by atoms with van der Waals surface area (Å²) in [5, 5.41) is 10.9. The van der Waals surface area contributed by atoms with Crippen LogP contribution in [-0.4, -0.2) is 74.2 Å². The molecule has 31 heavy (non-hydrogen) atoms. The number of nitrogens with one attached hydrogen (secondary N) is 3. The van der Waals surface area contributed by atoms with Crippen molar-refractivity contribution in [3.63, 3.8) is 0 Å². The first kappa shape index (κ1) is 25.2. The Kier molecular flexibility index (Phi) is 10.3. The number of aliphatic imine (C=N–C) groups is 2. The number of piperidine rings is 1. The van der Waals surface area contributed by atoms with Crippen molar-refractivity contribution in [2.24, 2.45) is 15.9 Å². The molecule has 8 nitrogen and oxygen atoms in total. The van der Waals surface area contributed by atoms with Crippen LogP contribution in [0.3, 0.4) is 0 Å². The highest BCUT2D eigenvalue weighted by molar-refractivity contribution is 7.12. The molecule has 0 bridgehead atoms. The van der Waals surface area contributed by atoms with Gasteiger partial charge in [0.15, 0.2) is 0 Å². The highest BCUT2D eigenvalue weighted by atomic mass is 32.1. The van der Waals surface area contributed by atoms with Crippen LogP contribution in [0.1, 0.15) is 44.9 Å². The first-order chi connectivity index (χ1) is 14.9. The van der Waals surface area contributed by atoms with Crippen molar-refractivity contribution in [1.29, 1.82) is 0 Å². The average molecular weight is 449 g/mol. The van der Waals surface area contributed by atoms with Crippen LogP contribution in [0.15, 0.2) is 27.5 Å². The van der Waals surface area contributed by atoms with Gasteiger partial charge in [-0.3, -0.25) is 24.5 Å². The molecule has 4 heterocycles. The Morgan fingerprint density at radius 1 is 1.13 bits per heavy atom. The highest BCUT2D eigenvalue weighted by Crippen LogP contribution is 2.23. The van der Waals surface area contributed by atoms with E-state index in [1.165, 1.54) is 0 Å². The van der Waals surface area contributed by atoms with Crippen LogP contribution in [0.5, 0.6) is 0 Å². The second-order valence-electron chi connectivity index (χ2n) is 7.76. The fourth-order valence-corrected chi connectivity index (χ4v) is 4.41. The smallest absolute Gasteiger partial charge is 0.244 e. The Morgan fingerprint density at radius 3 is 2.39 bits per heavy atom. The van der Waals surface area contributed by atoms with Gasteiger partial charge in [0.1, 0.15) is 17.7 Å². The normalized spacial score (nSPS) is 23.9. The van der Waals surface area contributed by atoms with Gasteiger partial charge in [-0.15, -0.1) is 11.3 Å². The van der Waals surface area contributed by atoms with Crippen molar-refractivity contribution in [3.8, 4) is 0 Å². The first-order valence-corrected chi connectivity index (χ1v) is 11.9. The number of hydrogen-bond acceptors (Lipinski definition) is 7. The van der Waals surface area contributed by atoms with Crippen LogP contribution in [0, 0.1) is 5.92 Å². The van der Waals surface area contributed by atoms with Gasteiger partial charge in [-0.2, -0.15) is 0 Å². The van der Waals surface area contributed by atoms with Crippen molar-refractivity contribution in [3.05, 3.63) is 22.4 Å². The van der Waals surface area contributed by atoms with Gasteiger partial charge in [0.05, 0.1) is 17.5 Å². The average Bonchev–Trinajstić information content (AvgIpc) is 3.30.